The summed E-state index contributed by atoms with van der Waals surface area (Å²) in [6, 6.07) is 7.16. The van der Waals surface area contributed by atoms with Gasteiger partial charge in [0.15, 0.2) is 5.78 Å². The van der Waals surface area contributed by atoms with Crippen LogP contribution in [0.15, 0.2) is 24.3 Å². The van der Waals surface area contributed by atoms with E-state index in [9.17, 15) is 4.79 Å². The molecule has 1 aromatic rings. The summed E-state index contributed by atoms with van der Waals surface area (Å²) >= 11 is 0. The molecule has 1 aromatic carbocycles. The lowest BCUT2D eigenvalue weighted by molar-refractivity contribution is -0.118. The van der Waals surface area contributed by atoms with Crippen molar-refractivity contribution in [2.45, 2.75) is 6.92 Å². The number of ketones is 1. The van der Waals surface area contributed by atoms with Gasteiger partial charge < -0.3 is 9.47 Å². The van der Waals surface area contributed by atoms with E-state index in [1.54, 1.807) is 19.2 Å². The van der Waals surface area contributed by atoms with E-state index < -0.39 is 0 Å². The van der Waals surface area contributed by atoms with Crippen molar-refractivity contribution < 1.29 is 14.3 Å². The second-order valence-corrected chi connectivity index (χ2v) is 2.67. The van der Waals surface area contributed by atoms with Crippen molar-refractivity contribution >= 4 is 5.78 Å². The number of carbonyl (C=O) groups is 1. The molecule has 0 radical (unpaired) electrons. The van der Waals surface area contributed by atoms with E-state index in [2.05, 4.69) is 0 Å². The highest BCUT2D eigenvalue weighted by molar-refractivity contribution is 5.77. The SMILES string of the molecule is COc1cccc(OCC(C)=O)c1. The lowest BCUT2D eigenvalue weighted by atomic mass is 10.3. The fraction of sp³-hybridized carbons (Fsp3) is 0.300. The molecule has 0 aliphatic carbocycles. The molecule has 0 N–H and O–H groups in total. The quantitative estimate of drug-likeness (QED) is 0.707. The molecule has 0 atom stereocenters. The van der Waals surface area contributed by atoms with Crippen LogP contribution in [0, 0.1) is 0 Å². The molecule has 0 saturated carbocycles. The van der Waals surface area contributed by atoms with Gasteiger partial charge in [0.25, 0.3) is 0 Å². The first-order valence-corrected chi connectivity index (χ1v) is 3.98. The third kappa shape index (κ3) is 3.15. The van der Waals surface area contributed by atoms with E-state index in [1.165, 1.54) is 6.92 Å². The van der Waals surface area contributed by atoms with Gasteiger partial charge >= 0.3 is 0 Å². The summed E-state index contributed by atoms with van der Waals surface area (Å²) in [5, 5.41) is 0. The molecule has 0 amide bonds. The topological polar surface area (TPSA) is 35.5 Å². The summed E-state index contributed by atoms with van der Waals surface area (Å²) in [5.41, 5.74) is 0. The van der Waals surface area contributed by atoms with Crippen LogP contribution >= 0.6 is 0 Å². The predicted molar refractivity (Wildman–Crippen MR) is 49.2 cm³/mol. The number of Topliss-reactive ketones (excluding diaryl/α,β-unsaturated/α-hetero) is 1. The third-order valence-electron chi connectivity index (χ3n) is 1.48. The third-order valence-corrected chi connectivity index (χ3v) is 1.48. The maximum atomic E-state index is 10.6. The molecule has 0 aliphatic heterocycles. The number of hydrogen-bond acceptors (Lipinski definition) is 3. The van der Waals surface area contributed by atoms with Crippen LogP contribution in [0.4, 0.5) is 0 Å². The number of methoxy groups -OCH3 is 1. The molecular weight excluding hydrogens is 168 g/mol. The van der Waals surface area contributed by atoms with Gasteiger partial charge in [-0.2, -0.15) is 0 Å². The molecule has 0 fully saturated rings. The number of hydrogen-bond donors (Lipinski definition) is 0. The molecule has 70 valence electrons. The van der Waals surface area contributed by atoms with Crippen LogP contribution in [-0.4, -0.2) is 19.5 Å². The Balaban J connectivity index is 2.61. The first-order chi connectivity index (χ1) is 6.22. The van der Waals surface area contributed by atoms with Gasteiger partial charge in [-0.25, -0.2) is 0 Å². The van der Waals surface area contributed by atoms with E-state index in [0.717, 1.165) is 5.75 Å². The second kappa shape index (κ2) is 4.50. The van der Waals surface area contributed by atoms with Gasteiger partial charge in [-0.1, -0.05) is 6.07 Å². The maximum Gasteiger partial charge on any atom is 0.167 e. The van der Waals surface area contributed by atoms with Gasteiger partial charge in [-0.05, 0) is 19.1 Å². The van der Waals surface area contributed by atoms with Gasteiger partial charge in [0.1, 0.15) is 18.1 Å². The molecule has 13 heavy (non-hydrogen) atoms. The van der Waals surface area contributed by atoms with Gasteiger partial charge in [-0.3, -0.25) is 4.79 Å². The molecule has 0 aromatic heterocycles. The van der Waals surface area contributed by atoms with Gasteiger partial charge in [0.2, 0.25) is 0 Å². The van der Waals surface area contributed by atoms with Crippen molar-refractivity contribution in [2.24, 2.45) is 0 Å². The summed E-state index contributed by atoms with van der Waals surface area (Å²) in [5.74, 6) is 1.37. The molecule has 3 heteroatoms. The Morgan fingerprint density at radius 3 is 2.69 bits per heavy atom. The molecule has 1 rings (SSSR count). The monoisotopic (exact) mass is 180 g/mol. The Morgan fingerprint density at radius 2 is 2.08 bits per heavy atom. The van der Waals surface area contributed by atoms with Crippen LogP contribution in [-0.2, 0) is 4.79 Å². The van der Waals surface area contributed by atoms with Crippen molar-refractivity contribution in [1.29, 1.82) is 0 Å². The van der Waals surface area contributed by atoms with Gasteiger partial charge in [0, 0.05) is 6.07 Å². The number of benzene rings is 1. The first-order valence-electron chi connectivity index (χ1n) is 3.98. The molecule has 0 unspecified atom stereocenters. The Labute approximate surface area is 77.3 Å². The molecule has 0 bridgehead atoms. The smallest absolute Gasteiger partial charge is 0.167 e. The minimum atomic E-state index is 0.00261. The van der Waals surface area contributed by atoms with E-state index in [4.69, 9.17) is 9.47 Å². The van der Waals surface area contributed by atoms with Crippen LogP contribution in [0.5, 0.6) is 11.5 Å². The van der Waals surface area contributed by atoms with E-state index in [-0.39, 0.29) is 12.4 Å². The average Bonchev–Trinajstić information content (AvgIpc) is 2.15. The zero-order chi connectivity index (χ0) is 9.68. The van der Waals surface area contributed by atoms with Gasteiger partial charge in [-0.15, -0.1) is 0 Å². The van der Waals surface area contributed by atoms with E-state index in [0.29, 0.717) is 5.75 Å². The first kappa shape index (κ1) is 9.58. The standard InChI is InChI=1S/C10H12O3/c1-8(11)7-13-10-5-3-4-9(6-10)12-2/h3-6H,7H2,1-2H3. The van der Waals surface area contributed by atoms with E-state index >= 15 is 0 Å². The highest BCUT2D eigenvalue weighted by Crippen LogP contribution is 2.18. The van der Waals surface area contributed by atoms with Crippen molar-refractivity contribution in [3.8, 4) is 11.5 Å². The van der Waals surface area contributed by atoms with E-state index in [1.807, 2.05) is 12.1 Å². The summed E-state index contributed by atoms with van der Waals surface area (Å²) in [7, 11) is 1.59. The summed E-state index contributed by atoms with van der Waals surface area (Å²) < 4.78 is 10.2. The highest BCUT2D eigenvalue weighted by Gasteiger charge is 1.97. The normalized spacial score (nSPS) is 9.38. The second-order valence-electron chi connectivity index (χ2n) is 2.67. The zero-order valence-corrected chi connectivity index (χ0v) is 7.74. The molecule has 3 nitrogen and oxygen atoms in total. The molecular formula is C10H12O3. The highest BCUT2D eigenvalue weighted by atomic mass is 16.5. The Bertz CT molecular complexity index is 294. The molecule has 0 saturated heterocycles. The predicted octanol–water partition coefficient (Wildman–Crippen LogP) is 1.66. The zero-order valence-electron chi connectivity index (χ0n) is 7.74. The van der Waals surface area contributed by atoms with Crippen LogP contribution in [0.2, 0.25) is 0 Å². The largest absolute Gasteiger partial charge is 0.497 e. The fourth-order valence-corrected chi connectivity index (χ4v) is 0.876. The summed E-state index contributed by atoms with van der Waals surface area (Å²) in [6.07, 6.45) is 0. The van der Waals surface area contributed by atoms with Gasteiger partial charge in [0.05, 0.1) is 7.11 Å². The van der Waals surface area contributed by atoms with Crippen LogP contribution < -0.4 is 9.47 Å². The number of carbonyl (C=O) groups excluding carboxylic acids is 1. The lowest BCUT2D eigenvalue weighted by Crippen LogP contribution is -2.06. The lowest BCUT2D eigenvalue weighted by Gasteiger charge is -2.05. The maximum absolute atomic E-state index is 10.6. The van der Waals surface area contributed by atoms with Crippen molar-refractivity contribution in [3.05, 3.63) is 24.3 Å². The average molecular weight is 180 g/mol. The molecule has 0 aliphatic rings. The summed E-state index contributed by atoms with van der Waals surface area (Å²) in [4.78, 5) is 10.6. The minimum Gasteiger partial charge on any atom is -0.497 e. The Morgan fingerprint density at radius 1 is 1.38 bits per heavy atom. The number of rotatable bonds is 4. The Kier molecular flexibility index (Phi) is 3.31. The summed E-state index contributed by atoms with van der Waals surface area (Å²) in [6.45, 7) is 1.59. The number of ether oxygens (including phenoxy) is 2. The van der Waals surface area contributed by atoms with Crippen LogP contribution in [0.3, 0.4) is 0 Å². The fourth-order valence-electron chi connectivity index (χ4n) is 0.876. The molecule has 0 spiro atoms. The van der Waals surface area contributed by atoms with Crippen molar-refractivity contribution in [1.82, 2.24) is 0 Å². The van der Waals surface area contributed by atoms with Crippen LogP contribution in [0.25, 0.3) is 0 Å². The van der Waals surface area contributed by atoms with Crippen molar-refractivity contribution in [2.75, 3.05) is 13.7 Å². The van der Waals surface area contributed by atoms with Crippen LogP contribution in [0.1, 0.15) is 6.92 Å². The minimum absolute atomic E-state index is 0.00261. The molecule has 0 heterocycles. The Hall–Kier alpha value is -1.51. The van der Waals surface area contributed by atoms with Crippen molar-refractivity contribution in [3.63, 3.8) is 0 Å².